The molecule has 0 aliphatic heterocycles. The van der Waals surface area contributed by atoms with Gasteiger partial charge in [-0.05, 0) is 37.0 Å². The van der Waals surface area contributed by atoms with Crippen molar-refractivity contribution in [2.75, 3.05) is 5.32 Å². The first-order valence-corrected chi connectivity index (χ1v) is 9.71. The Bertz CT molecular complexity index is 980. The number of aryl methyl sites for hydroxylation is 1. The Morgan fingerprint density at radius 2 is 1.69 bits per heavy atom. The van der Waals surface area contributed by atoms with Crippen molar-refractivity contribution < 1.29 is 0 Å². The van der Waals surface area contributed by atoms with Crippen molar-refractivity contribution in [3.8, 4) is 10.4 Å². The van der Waals surface area contributed by atoms with Gasteiger partial charge in [-0.25, -0.2) is 9.97 Å². The maximum Gasteiger partial charge on any atom is 0.138 e. The van der Waals surface area contributed by atoms with E-state index in [1.165, 1.54) is 16.0 Å². The molecule has 1 atom stereocenters. The molecule has 0 spiro atoms. The molecule has 0 saturated heterocycles. The third kappa shape index (κ3) is 3.75. The molecule has 0 fully saturated rings. The number of hydrogen-bond donors (Lipinski definition) is 1. The average molecular weight is 359 g/mol. The minimum Gasteiger partial charge on any atom is -0.367 e. The molecule has 4 heteroatoms. The Kier molecular flexibility index (Phi) is 4.93. The molecule has 26 heavy (non-hydrogen) atoms. The van der Waals surface area contributed by atoms with Crippen LogP contribution in [0.4, 0.5) is 5.82 Å². The van der Waals surface area contributed by atoms with E-state index >= 15 is 0 Å². The number of fused-ring (bicyclic) bond motifs is 1. The van der Waals surface area contributed by atoms with Crippen LogP contribution < -0.4 is 5.32 Å². The third-order valence-electron chi connectivity index (χ3n) is 4.48. The van der Waals surface area contributed by atoms with Crippen LogP contribution in [-0.4, -0.2) is 16.0 Å². The molecule has 2 aromatic carbocycles. The van der Waals surface area contributed by atoms with Crippen LogP contribution in [0.1, 0.15) is 18.9 Å². The van der Waals surface area contributed by atoms with E-state index in [9.17, 15) is 0 Å². The van der Waals surface area contributed by atoms with Crippen LogP contribution in [0.25, 0.3) is 20.7 Å². The lowest BCUT2D eigenvalue weighted by Crippen LogP contribution is -2.17. The van der Waals surface area contributed by atoms with Crippen LogP contribution in [0.15, 0.2) is 73.1 Å². The van der Waals surface area contributed by atoms with E-state index in [-0.39, 0.29) is 0 Å². The van der Waals surface area contributed by atoms with Gasteiger partial charge in [0.05, 0.1) is 5.39 Å². The molecular weight excluding hydrogens is 338 g/mol. The molecule has 1 N–H and O–H groups in total. The van der Waals surface area contributed by atoms with Crippen LogP contribution in [0.2, 0.25) is 0 Å². The predicted octanol–water partition coefficient (Wildman–Crippen LogP) is 5.79. The predicted molar refractivity (Wildman–Crippen MR) is 111 cm³/mol. The molecule has 0 aliphatic carbocycles. The van der Waals surface area contributed by atoms with Crippen molar-refractivity contribution in [1.29, 1.82) is 0 Å². The van der Waals surface area contributed by atoms with Crippen molar-refractivity contribution in [3.05, 3.63) is 78.6 Å². The molecule has 3 nitrogen and oxygen atoms in total. The van der Waals surface area contributed by atoms with Gasteiger partial charge in [0.2, 0.25) is 0 Å². The fourth-order valence-electron chi connectivity index (χ4n) is 3.05. The first-order valence-electron chi connectivity index (χ1n) is 8.90. The van der Waals surface area contributed by atoms with Crippen LogP contribution in [-0.2, 0) is 6.42 Å². The summed E-state index contributed by atoms with van der Waals surface area (Å²) in [7, 11) is 0. The highest BCUT2D eigenvalue weighted by Gasteiger charge is 2.12. The largest absolute Gasteiger partial charge is 0.367 e. The van der Waals surface area contributed by atoms with Crippen LogP contribution in [0.5, 0.6) is 0 Å². The maximum absolute atomic E-state index is 4.49. The van der Waals surface area contributed by atoms with Gasteiger partial charge in [0.1, 0.15) is 17.0 Å². The summed E-state index contributed by atoms with van der Waals surface area (Å²) in [6, 6.07) is 23.6. The molecule has 0 amide bonds. The number of nitrogens with one attached hydrogen (secondary N) is 1. The van der Waals surface area contributed by atoms with E-state index in [4.69, 9.17) is 0 Å². The maximum atomic E-state index is 4.49. The molecule has 0 radical (unpaired) electrons. The van der Waals surface area contributed by atoms with E-state index < -0.39 is 0 Å². The summed E-state index contributed by atoms with van der Waals surface area (Å²) in [6.45, 7) is 2.21. The third-order valence-corrected chi connectivity index (χ3v) is 5.57. The van der Waals surface area contributed by atoms with E-state index in [2.05, 4.69) is 82.9 Å². The fourth-order valence-corrected chi connectivity index (χ4v) is 4.05. The van der Waals surface area contributed by atoms with Crippen molar-refractivity contribution in [1.82, 2.24) is 9.97 Å². The second-order valence-electron chi connectivity index (χ2n) is 6.49. The van der Waals surface area contributed by atoms with Crippen molar-refractivity contribution in [3.63, 3.8) is 0 Å². The van der Waals surface area contributed by atoms with Gasteiger partial charge < -0.3 is 5.32 Å². The van der Waals surface area contributed by atoms with E-state index in [1.807, 2.05) is 6.07 Å². The van der Waals surface area contributed by atoms with Crippen molar-refractivity contribution in [2.24, 2.45) is 0 Å². The van der Waals surface area contributed by atoms with Gasteiger partial charge >= 0.3 is 0 Å². The Hall–Kier alpha value is -2.72. The van der Waals surface area contributed by atoms with Crippen molar-refractivity contribution >= 4 is 27.4 Å². The number of anilines is 1. The molecule has 0 unspecified atom stereocenters. The smallest absolute Gasteiger partial charge is 0.138 e. The first kappa shape index (κ1) is 16.7. The number of aromatic nitrogens is 2. The Labute approximate surface area is 157 Å². The Balaban J connectivity index is 1.52. The molecule has 2 heterocycles. The minimum atomic E-state index is 0.341. The van der Waals surface area contributed by atoms with Crippen molar-refractivity contribution in [2.45, 2.75) is 25.8 Å². The van der Waals surface area contributed by atoms with Gasteiger partial charge in [0.25, 0.3) is 0 Å². The molecule has 4 rings (SSSR count). The number of hydrogen-bond acceptors (Lipinski definition) is 4. The summed E-state index contributed by atoms with van der Waals surface area (Å²) in [6.07, 6.45) is 3.77. The van der Waals surface area contributed by atoms with Gasteiger partial charge in [-0.3, -0.25) is 0 Å². The van der Waals surface area contributed by atoms with Gasteiger partial charge in [0, 0.05) is 10.9 Å². The lowest BCUT2D eigenvalue weighted by molar-refractivity contribution is 0.704. The van der Waals surface area contributed by atoms with Crippen LogP contribution in [0, 0.1) is 0 Å². The monoisotopic (exact) mass is 359 g/mol. The van der Waals surface area contributed by atoms with E-state index in [0.29, 0.717) is 6.04 Å². The fraction of sp³-hybridized carbons (Fsp3) is 0.182. The summed E-state index contributed by atoms with van der Waals surface area (Å²) in [5.74, 6) is 0.925. The lowest BCUT2D eigenvalue weighted by Gasteiger charge is -2.15. The highest BCUT2D eigenvalue weighted by molar-refractivity contribution is 7.21. The summed E-state index contributed by atoms with van der Waals surface area (Å²) in [5, 5.41) is 4.68. The molecule has 2 aromatic heterocycles. The number of nitrogens with zero attached hydrogens (tertiary/aromatic N) is 2. The molecule has 0 bridgehead atoms. The molecular formula is C22H21N3S. The second-order valence-corrected chi connectivity index (χ2v) is 7.52. The number of rotatable bonds is 6. The van der Waals surface area contributed by atoms with Gasteiger partial charge in [-0.15, -0.1) is 11.3 Å². The quantitative estimate of drug-likeness (QED) is 0.473. The molecule has 0 saturated carbocycles. The van der Waals surface area contributed by atoms with Crippen LogP contribution >= 0.6 is 11.3 Å². The highest BCUT2D eigenvalue weighted by Crippen LogP contribution is 2.35. The molecule has 130 valence electrons. The highest BCUT2D eigenvalue weighted by atomic mass is 32.1. The summed E-state index contributed by atoms with van der Waals surface area (Å²) < 4.78 is 0. The topological polar surface area (TPSA) is 37.8 Å². The summed E-state index contributed by atoms with van der Waals surface area (Å²) >= 11 is 1.71. The zero-order valence-electron chi connectivity index (χ0n) is 14.7. The zero-order valence-corrected chi connectivity index (χ0v) is 15.5. The summed E-state index contributed by atoms with van der Waals surface area (Å²) in [5.41, 5.74) is 2.59. The lowest BCUT2D eigenvalue weighted by atomic mass is 10.1. The molecule has 0 aliphatic rings. The Morgan fingerprint density at radius 1 is 0.962 bits per heavy atom. The SMILES string of the molecule is C[C@H](CCc1ccccc1)Nc1ncnc2sc(-c3ccccc3)cc12. The van der Waals surface area contributed by atoms with Gasteiger partial charge in [-0.1, -0.05) is 60.7 Å². The minimum absolute atomic E-state index is 0.341. The van der Waals surface area contributed by atoms with E-state index in [1.54, 1.807) is 17.7 Å². The number of thiophene rings is 1. The Morgan fingerprint density at radius 3 is 2.46 bits per heavy atom. The molecule has 4 aromatic rings. The van der Waals surface area contributed by atoms with Gasteiger partial charge in [0.15, 0.2) is 0 Å². The normalized spacial score (nSPS) is 12.2. The second kappa shape index (κ2) is 7.67. The average Bonchev–Trinajstić information content (AvgIpc) is 3.13. The zero-order chi connectivity index (χ0) is 17.8. The van der Waals surface area contributed by atoms with Crippen LogP contribution in [0.3, 0.4) is 0 Å². The number of benzene rings is 2. The van der Waals surface area contributed by atoms with E-state index in [0.717, 1.165) is 28.9 Å². The summed E-state index contributed by atoms with van der Waals surface area (Å²) in [4.78, 5) is 11.2. The standard InChI is InChI=1S/C22H21N3S/c1-16(12-13-17-8-4-2-5-9-17)25-21-19-14-20(18-10-6-3-7-11-18)26-22(19)24-15-23-21/h2-11,14-16H,12-13H2,1H3,(H,23,24,25)/t16-/m1/s1. The van der Waals surface area contributed by atoms with Gasteiger partial charge in [-0.2, -0.15) is 0 Å². The first-order chi connectivity index (χ1) is 12.8.